The minimum Gasteiger partial charge on any atom is -0.361 e. The number of rotatable bonds is 6. The lowest BCUT2D eigenvalue weighted by molar-refractivity contribution is -0.126. The molecule has 0 spiro atoms. The zero-order valence-electron chi connectivity index (χ0n) is 16.1. The number of halogens is 1. The van der Waals surface area contributed by atoms with Crippen LogP contribution in [0.15, 0.2) is 60.8 Å². The number of hydrogen-bond acceptors (Lipinski definition) is 2. The van der Waals surface area contributed by atoms with Gasteiger partial charge >= 0.3 is 0 Å². The number of benzene rings is 2. The predicted molar refractivity (Wildman–Crippen MR) is 116 cm³/mol. The summed E-state index contributed by atoms with van der Waals surface area (Å²) >= 11 is 5.96. The molecule has 1 fully saturated rings. The van der Waals surface area contributed by atoms with Crippen molar-refractivity contribution in [1.82, 2.24) is 10.3 Å². The van der Waals surface area contributed by atoms with Gasteiger partial charge in [0.15, 0.2) is 0 Å². The van der Waals surface area contributed by atoms with E-state index in [1.165, 1.54) is 4.90 Å². The van der Waals surface area contributed by atoms with E-state index >= 15 is 0 Å². The Morgan fingerprint density at radius 1 is 1.07 bits per heavy atom. The molecule has 1 saturated carbocycles. The van der Waals surface area contributed by atoms with E-state index in [-0.39, 0.29) is 23.7 Å². The summed E-state index contributed by atoms with van der Waals surface area (Å²) in [5, 5.41) is 4.09. The molecule has 0 aliphatic heterocycles. The summed E-state index contributed by atoms with van der Waals surface area (Å²) < 4.78 is 0. The summed E-state index contributed by atoms with van der Waals surface area (Å²) in [5.74, 6) is -0.691. The predicted octanol–water partition coefficient (Wildman–Crippen LogP) is 4.54. The third-order valence-electron chi connectivity index (χ3n) is 5.54. The van der Waals surface area contributed by atoms with E-state index in [1.807, 2.05) is 60.8 Å². The first kappa shape index (κ1) is 19.5. The second-order valence-electron chi connectivity index (χ2n) is 7.42. The third kappa shape index (κ3) is 4.01. The van der Waals surface area contributed by atoms with Crippen molar-refractivity contribution in [3.8, 4) is 0 Å². The fourth-order valence-electron chi connectivity index (χ4n) is 4.16. The molecule has 0 saturated heterocycles. The number of alkyl halides is 1. The van der Waals surface area contributed by atoms with Crippen LogP contribution in [0.3, 0.4) is 0 Å². The molecule has 150 valence electrons. The molecule has 1 aliphatic rings. The van der Waals surface area contributed by atoms with Crippen LogP contribution in [0.25, 0.3) is 10.9 Å². The molecule has 4 rings (SSSR count). The Kier molecular flexibility index (Phi) is 5.86. The van der Waals surface area contributed by atoms with E-state index in [9.17, 15) is 9.59 Å². The topological polar surface area (TPSA) is 65.2 Å². The Morgan fingerprint density at radius 2 is 1.76 bits per heavy atom. The summed E-state index contributed by atoms with van der Waals surface area (Å²) in [6.45, 7) is 0. The number of hydrogen-bond donors (Lipinski definition) is 2. The highest BCUT2D eigenvalue weighted by molar-refractivity contribution is 6.30. The van der Waals surface area contributed by atoms with E-state index in [4.69, 9.17) is 11.6 Å². The Hall–Kier alpha value is -2.79. The highest BCUT2D eigenvalue weighted by atomic mass is 35.5. The molecule has 1 atom stereocenters. The first-order valence-corrected chi connectivity index (χ1v) is 10.5. The highest BCUT2D eigenvalue weighted by Crippen LogP contribution is 2.33. The molecule has 6 heteroatoms. The Balaban J connectivity index is 1.81. The number of nitrogens with zero attached hydrogens (tertiary/aromatic N) is 1. The van der Waals surface area contributed by atoms with Crippen LogP contribution in [0.1, 0.15) is 37.3 Å². The van der Waals surface area contributed by atoms with Crippen LogP contribution in [-0.2, 0) is 9.59 Å². The summed E-state index contributed by atoms with van der Waals surface area (Å²) in [7, 11) is 0. The number of carbonyl (C=O) groups is 2. The Morgan fingerprint density at radius 3 is 2.48 bits per heavy atom. The van der Waals surface area contributed by atoms with Gasteiger partial charge in [0.1, 0.15) is 11.9 Å². The molecular formula is C23H24ClN3O2. The molecular weight excluding hydrogens is 386 g/mol. The fourth-order valence-corrected chi connectivity index (χ4v) is 4.29. The summed E-state index contributed by atoms with van der Waals surface area (Å²) in [6.07, 6.45) is 6.00. The molecule has 0 bridgehead atoms. The second kappa shape index (κ2) is 8.70. The molecule has 2 N–H and O–H groups in total. The molecule has 1 aliphatic carbocycles. The number of carbonyl (C=O) groups excluding carboxylic acids is 2. The Bertz CT molecular complexity index is 996. The van der Waals surface area contributed by atoms with Gasteiger partial charge in [-0.3, -0.25) is 14.5 Å². The maximum Gasteiger partial charge on any atom is 0.248 e. The van der Waals surface area contributed by atoms with Gasteiger partial charge < -0.3 is 10.3 Å². The molecule has 5 nitrogen and oxygen atoms in total. The van der Waals surface area contributed by atoms with E-state index in [0.717, 1.165) is 42.1 Å². The number of aromatic amines is 1. The van der Waals surface area contributed by atoms with Gasteiger partial charge in [-0.05, 0) is 31.0 Å². The number of aromatic nitrogens is 1. The number of anilines is 1. The van der Waals surface area contributed by atoms with E-state index in [1.54, 1.807) is 0 Å². The van der Waals surface area contributed by atoms with Crippen molar-refractivity contribution in [3.05, 3.63) is 66.4 Å². The number of para-hydroxylation sites is 2. The minimum atomic E-state index is -0.805. The zero-order chi connectivity index (χ0) is 20.2. The van der Waals surface area contributed by atoms with Crippen molar-refractivity contribution < 1.29 is 9.59 Å². The van der Waals surface area contributed by atoms with E-state index in [0.29, 0.717) is 5.69 Å². The van der Waals surface area contributed by atoms with Gasteiger partial charge in [-0.1, -0.05) is 49.2 Å². The average molecular weight is 410 g/mol. The summed E-state index contributed by atoms with van der Waals surface area (Å²) in [4.78, 5) is 31.2. The molecule has 3 aromatic rings. The maximum atomic E-state index is 13.5. The van der Waals surface area contributed by atoms with Crippen molar-refractivity contribution in [1.29, 1.82) is 0 Å². The molecule has 2 amide bonds. The first-order valence-electron chi connectivity index (χ1n) is 9.98. The lowest BCUT2D eigenvalue weighted by Gasteiger charge is -2.31. The van der Waals surface area contributed by atoms with Crippen LogP contribution in [-0.4, -0.2) is 28.7 Å². The van der Waals surface area contributed by atoms with Gasteiger partial charge in [-0.15, -0.1) is 11.6 Å². The molecule has 1 aromatic heterocycles. The van der Waals surface area contributed by atoms with Crippen LogP contribution in [0.4, 0.5) is 5.69 Å². The van der Waals surface area contributed by atoms with Crippen LogP contribution >= 0.6 is 11.6 Å². The summed E-state index contributed by atoms with van der Waals surface area (Å²) in [6, 6.07) is 16.4. The lowest BCUT2D eigenvalue weighted by atomic mass is 10.0. The van der Waals surface area contributed by atoms with Crippen molar-refractivity contribution >= 4 is 40.0 Å². The standard InChI is InChI=1S/C23H24ClN3O2/c24-14-21(28)27(17-10-2-1-3-11-17)22(23(29)26-16-8-4-5-9-16)19-15-25-20-13-7-6-12-18(19)20/h1-3,6-7,10-13,15-16,22,25H,4-5,8-9,14H2,(H,26,29). The largest absolute Gasteiger partial charge is 0.361 e. The fraction of sp³-hybridized carbons (Fsp3) is 0.304. The zero-order valence-corrected chi connectivity index (χ0v) is 16.9. The van der Waals surface area contributed by atoms with Crippen LogP contribution in [0.5, 0.6) is 0 Å². The molecule has 29 heavy (non-hydrogen) atoms. The average Bonchev–Trinajstić information content (AvgIpc) is 3.42. The SMILES string of the molecule is O=C(NC1CCCC1)C(c1c[nH]c2ccccc12)N(C(=O)CCl)c1ccccc1. The van der Waals surface area contributed by atoms with Crippen molar-refractivity contribution in [2.75, 3.05) is 10.8 Å². The van der Waals surface area contributed by atoms with Crippen molar-refractivity contribution in [3.63, 3.8) is 0 Å². The molecule has 2 aromatic carbocycles. The van der Waals surface area contributed by atoms with E-state index in [2.05, 4.69) is 10.3 Å². The van der Waals surface area contributed by atoms with Crippen molar-refractivity contribution in [2.24, 2.45) is 0 Å². The number of H-pyrrole nitrogens is 1. The second-order valence-corrected chi connectivity index (χ2v) is 7.68. The van der Waals surface area contributed by atoms with Gasteiger partial charge in [0.25, 0.3) is 0 Å². The quantitative estimate of drug-likeness (QED) is 0.587. The number of fused-ring (bicyclic) bond motifs is 1. The third-order valence-corrected chi connectivity index (χ3v) is 5.77. The van der Waals surface area contributed by atoms with Gasteiger partial charge in [0.2, 0.25) is 11.8 Å². The normalized spacial score (nSPS) is 15.3. The summed E-state index contributed by atoms with van der Waals surface area (Å²) in [5.41, 5.74) is 2.33. The first-order chi connectivity index (χ1) is 14.2. The van der Waals surface area contributed by atoms with Gasteiger partial charge in [0, 0.05) is 34.4 Å². The van der Waals surface area contributed by atoms with Crippen LogP contribution in [0.2, 0.25) is 0 Å². The molecule has 1 unspecified atom stereocenters. The van der Waals surface area contributed by atoms with Crippen LogP contribution < -0.4 is 10.2 Å². The molecule has 1 heterocycles. The van der Waals surface area contributed by atoms with Crippen LogP contribution in [0, 0.1) is 0 Å². The smallest absolute Gasteiger partial charge is 0.248 e. The van der Waals surface area contributed by atoms with Crippen molar-refractivity contribution in [2.45, 2.75) is 37.8 Å². The van der Waals surface area contributed by atoms with E-state index < -0.39 is 6.04 Å². The Labute approximate surface area is 175 Å². The highest BCUT2D eigenvalue weighted by Gasteiger charge is 2.35. The lowest BCUT2D eigenvalue weighted by Crippen LogP contribution is -2.46. The van der Waals surface area contributed by atoms with Gasteiger partial charge in [-0.2, -0.15) is 0 Å². The minimum absolute atomic E-state index is 0.152. The van der Waals surface area contributed by atoms with Gasteiger partial charge in [0.05, 0.1) is 0 Å². The monoisotopic (exact) mass is 409 g/mol. The maximum absolute atomic E-state index is 13.5. The number of amides is 2. The van der Waals surface area contributed by atoms with Gasteiger partial charge in [-0.25, -0.2) is 0 Å². The molecule has 0 radical (unpaired) electrons. The number of nitrogens with one attached hydrogen (secondary N) is 2.